The first-order valence-electron chi connectivity index (χ1n) is 12.3. The van der Waals surface area contributed by atoms with Gasteiger partial charge in [-0.05, 0) is 70.0 Å². The summed E-state index contributed by atoms with van der Waals surface area (Å²) in [5, 5.41) is 53.6. The zero-order valence-corrected chi connectivity index (χ0v) is 22.9. The Labute approximate surface area is 233 Å². The predicted molar refractivity (Wildman–Crippen MR) is 146 cm³/mol. The van der Waals surface area contributed by atoms with Crippen molar-refractivity contribution in [1.82, 2.24) is 0 Å². The van der Waals surface area contributed by atoms with Crippen LogP contribution in [0.5, 0.6) is 17.2 Å². The molecular weight excluding hydrogens is 546 g/mol. The Kier molecular flexibility index (Phi) is 8.16. The first-order chi connectivity index (χ1) is 18.7. The fraction of sp³-hybridized carbons (Fsp3) is 0.357. The molecule has 4 unspecified atom stereocenters. The van der Waals surface area contributed by atoms with Crippen LogP contribution < -0.4 is 15.7 Å². The van der Waals surface area contributed by atoms with Crippen molar-refractivity contribution in [3.8, 4) is 17.2 Å². The lowest BCUT2D eigenvalue weighted by atomic mass is 9.90. The van der Waals surface area contributed by atoms with Gasteiger partial charge in [0.05, 0.1) is 11.0 Å². The molecule has 1 fully saturated rings. The number of aliphatic hydroxyl groups is 3. The summed E-state index contributed by atoms with van der Waals surface area (Å²) in [7, 11) is 0. The molecule has 40 heavy (non-hydrogen) atoms. The van der Waals surface area contributed by atoms with Gasteiger partial charge < -0.3 is 44.7 Å². The average Bonchev–Trinajstić information content (AvgIpc) is 2.89. The molecule has 0 radical (unpaired) electrons. The summed E-state index contributed by atoms with van der Waals surface area (Å²) < 4.78 is 16.5. The van der Waals surface area contributed by atoms with Crippen molar-refractivity contribution in [3.63, 3.8) is 0 Å². The average molecular weight is 576 g/mol. The number of hydrogen-bond acceptors (Lipinski definition) is 10. The maximum atomic E-state index is 12.9. The van der Waals surface area contributed by atoms with Gasteiger partial charge in [0, 0.05) is 5.56 Å². The van der Waals surface area contributed by atoms with Gasteiger partial charge in [0.25, 0.3) is 5.91 Å². The lowest BCUT2D eigenvalue weighted by Crippen LogP contribution is -2.63. The van der Waals surface area contributed by atoms with Crippen LogP contribution >= 0.6 is 11.6 Å². The zero-order valence-electron chi connectivity index (χ0n) is 22.1. The van der Waals surface area contributed by atoms with Gasteiger partial charge in [-0.1, -0.05) is 23.3 Å². The number of phenols is 1. The molecule has 1 aliphatic heterocycles. The van der Waals surface area contributed by atoms with Crippen molar-refractivity contribution in [2.45, 2.75) is 64.3 Å². The highest BCUT2D eigenvalue weighted by Gasteiger charge is 2.49. The van der Waals surface area contributed by atoms with E-state index in [1.165, 1.54) is 44.2 Å². The third-order valence-corrected chi connectivity index (χ3v) is 6.95. The SMILES string of the molecule is CC(C)=CCc1cc(C(=O)Nc2c(O)c3ccc(OC4OC(C)(C)C(O)C(O)C4O)c(Cl)c3oc2=O)ccc1O. The van der Waals surface area contributed by atoms with E-state index < -0.39 is 53.2 Å². The molecule has 4 atom stereocenters. The first kappa shape index (κ1) is 29.4. The van der Waals surface area contributed by atoms with E-state index in [2.05, 4.69) is 5.32 Å². The second-order valence-corrected chi connectivity index (χ2v) is 10.7. The minimum absolute atomic E-state index is 0.00942. The summed E-state index contributed by atoms with van der Waals surface area (Å²) in [4.78, 5) is 25.7. The second-order valence-electron chi connectivity index (χ2n) is 10.3. The van der Waals surface area contributed by atoms with E-state index in [0.29, 0.717) is 12.0 Å². The zero-order chi connectivity index (χ0) is 29.5. The number of nitrogens with one attached hydrogen (secondary N) is 1. The fourth-order valence-electron chi connectivity index (χ4n) is 4.21. The number of ether oxygens (including phenoxy) is 2. The van der Waals surface area contributed by atoms with E-state index in [1.54, 1.807) is 0 Å². The lowest BCUT2D eigenvalue weighted by Gasteiger charge is -2.44. The summed E-state index contributed by atoms with van der Waals surface area (Å²) >= 11 is 6.39. The van der Waals surface area contributed by atoms with Crippen LogP contribution in [0.1, 0.15) is 43.6 Å². The van der Waals surface area contributed by atoms with Crippen LogP contribution in [0.3, 0.4) is 0 Å². The Hall–Kier alpha value is -3.61. The number of allylic oxidation sites excluding steroid dienone is 2. The number of carbonyl (C=O) groups is 1. The Morgan fingerprint density at radius 3 is 2.50 bits per heavy atom. The summed E-state index contributed by atoms with van der Waals surface area (Å²) in [5.41, 5.74) is -1.49. The molecule has 1 amide bonds. The number of amides is 1. The number of phenolic OH excluding ortho intramolecular Hbond substituents is 1. The molecule has 0 aliphatic carbocycles. The number of carbonyl (C=O) groups excluding carboxylic acids is 1. The van der Waals surface area contributed by atoms with Crippen molar-refractivity contribution in [3.05, 3.63) is 68.6 Å². The van der Waals surface area contributed by atoms with Gasteiger partial charge in [-0.25, -0.2) is 4.79 Å². The minimum atomic E-state index is -1.63. The quantitative estimate of drug-likeness (QED) is 0.189. The fourth-order valence-corrected chi connectivity index (χ4v) is 4.46. The second kappa shape index (κ2) is 11.1. The molecule has 1 aromatic heterocycles. The van der Waals surface area contributed by atoms with Crippen molar-refractivity contribution in [2.24, 2.45) is 0 Å². The minimum Gasteiger partial charge on any atom is -0.508 e. The van der Waals surface area contributed by atoms with Crippen LogP contribution in [-0.4, -0.2) is 61.6 Å². The van der Waals surface area contributed by atoms with E-state index in [0.717, 1.165) is 5.57 Å². The highest BCUT2D eigenvalue weighted by Crippen LogP contribution is 2.40. The molecule has 1 saturated heterocycles. The van der Waals surface area contributed by atoms with E-state index in [9.17, 15) is 35.1 Å². The van der Waals surface area contributed by atoms with Crippen molar-refractivity contribution in [2.75, 3.05) is 5.32 Å². The van der Waals surface area contributed by atoms with Gasteiger partial charge in [0.2, 0.25) is 6.29 Å². The number of fused-ring (bicyclic) bond motifs is 1. The predicted octanol–water partition coefficient (Wildman–Crippen LogP) is 3.22. The topological polar surface area (TPSA) is 179 Å². The Morgan fingerprint density at radius 2 is 1.82 bits per heavy atom. The van der Waals surface area contributed by atoms with Crippen molar-refractivity contribution >= 4 is 34.2 Å². The summed E-state index contributed by atoms with van der Waals surface area (Å²) in [6.07, 6.45) is -3.75. The van der Waals surface area contributed by atoms with Crippen LogP contribution in [0.2, 0.25) is 5.02 Å². The molecule has 11 nitrogen and oxygen atoms in total. The molecule has 214 valence electrons. The molecule has 6 N–H and O–H groups in total. The molecule has 2 aromatic carbocycles. The highest BCUT2D eigenvalue weighted by atomic mass is 35.5. The van der Waals surface area contributed by atoms with Gasteiger partial charge in [-0.2, -0.15) is 0 Å². The number of rotatable bonds is 6. The molecule has 0 bridgehead atoms. The third-order valence-electron chi connectivity index (χ3n) is 6.59. The Morgan fingerprint density at radius 1 is 1.12 bits per heavy atom. The van der Waals surface area contributed by atoms with Gasteiger partial charge in [-0.15, -0.1) is 0 Å². The lowest BCUT2D eigenvalue weighted by molar-refractivity contribution is -0.301. The first-order valence-corrected chi connectivity index (χ1v) is 12.7. The normalized spacial score (nSPS) is 22.1. The number of benzene rings is 2. The van der Waals surface area contributed by atoms with Gasteiger partial charge in [0.1, 0.15) is 34.8 Å². The molecule has 12 heteroatoms. The maximum absolute atomic E-state index is 12.9. The van der Waals surface area contributed by atoms with Crippen LogP contribution in [0, 0.1) is 0 Å². The van der Waals surface area contributed by atoms with Crippen LogP contribution in [-0.2, 0) is 11.2 Å². The van der Waals surface area contributed by atoms with Crippen LogP contribution in [0.4, 0.5) is 5.69 Å². The summed E-state index contributed by atoms with van der Waals surface area (Å²) in [6, 6.07) is 6.83. The highest BCUT2D eigenvalue weighted by molar-refractivity contribution is 6.36. The molecule has 0 spiro atoms. The number of halogens is 1. The monoisotopic (exact) mass is 575 g/mol. The summed E-state index contributed by atoms with van der Waals surface area (Å²) in [5.74, 6) is -1.43. The number of aromatic hydroxyl groups is 2. The van der Waals surface area contributed by atoms with Crippen LogP contribution in [0.15, 0.2) is 51.2 Å². The van der Waals surface area contributed by atoms with Crippen molar-refractivity contribution in [1.29, 1.82) is 0 Å². The van der Waals surface area contributed by atoms with Gasteiger partial charge in [0.15, 0.2) is 17.0 Å². The summed E-state index contributed by atoms with van der Waals surface area (Å²) in [6.45, 7) is 6.81. The third kappa shape index (κ3) is 5.65. The Bertz CT molecular complexity index is 1540. The Balaban J connectivity index is 1.63. The van der Waals surface area contributed by atoms with E-state index in [1.807, 2.05) is 19.9 Å². The van der Waals surface area contributed by atoms with Crippen molar-refractivity contribution < 1.29 is 44.2 Å². The van der Waals surface area contributed by atoms with Gasteiger partial charge >= 0.3 is 5.63 Å². The number of anilines is 1. The van der Waals surface area contributed by atoms with Crippen LogP contribution in [0.25, 0.3) is 11.0 Å². The van der Waals surface area contributed by atoms with Gasteiger partial charge in [-0.3, -0.25) is 4.79 Å². The molecule has 2 heterocycles. The molecular formula is C28H30ClNO10. The molecule has 1 aliphatic rings. The number of hydrogen-bond donors (Lipinski definition) is 6. The molecule has 4 rings (SSSR count). The maximum Gasteiger partial charge on any atom is 0.364 e. The van der Waals surface area contributed by atoms with E-state index in [4.69, 9.17) is 25.5 Å². The molecule has 3 aromatic rings. The number of aliphatic hydroxyl groups excluding tert-OH is 3. The standard InChI is InChI=1S/C28H30ClNO10/c1-12(2)5-6-13-11-14(7-9-16(13)31)25(36)30-19-20(32)15-8-10-17(18(29)23(15)39-26(19)37)38-27-22(34)21(33)24(35)28(3,4)40-27/h5,7-11,21-22,24,27,31-35H,6H2,1-4H3,(H,30,36). The smallest absolute Gasteiger partial charge is 0.364 e. The molecule has 0 saturated carbocycles. The van der Waals surface area contributed by atoms with E-state index >= 15 is 0 Å². The largest absolute Gasteiger partial charge is 0.508 e. The van der Waals surface area contributed by atoms with E-state index in [-0.39, 0.29) is 33.1 Å².